The SMILES string of the molecule is CC1CC(C)CC(N2C(=O)C3Cc4ccccc4CN3C2=O)C1. The molecular formula is C19H24N2O2. The molecule has 1 aromatic rings. The Balaban J connectivity index is 1.61. The Morgan fingerprint density at radius 3 is 2.30 bits per heavy atom. The average molecular weight is 312 g/mol. The van der Waals surface area contributed by atoms with Gasteiger partial charge in [-0.15, -0.1) is 0 Å². The van der Waals surface area contributed by atoms with Gasteiger partial charge in [-0.1, -0.05) is 38.1 Å². The summed E-state index contributed by atoms with van der Waals surface area (Å²) in [7, 11) is 0. The average Bonchev–Trinajstić information content (AvgIpc) is 2.75. The fraction of sp³-hybridized carbons (Fsp3) is 0.579. The standard InChI is InChI=1S/C19H24N2O2/c1-12-7-13(2)9-16(8-12)21-18(22)17-10-14-5-3-4-6-15(14)11-20(17)19(21)23/h3-6,12-13,16-17H,7-11H2,1-2H3. The van der Waals surface area contributed by atoms with Crippen LogP contribution in [0, 0.1) is 11.8 Å². The molecule has 122 valence electrons. The van der Waals surface area contributed by atoms with Crippen molar-refractivity contribution < 1.29 is 9.59 Å². The van der Waals surface area contributed by atoms with Gasteiger partial charge in [-0.25, -0.2) is 4.79 Å². The van der Waals surface area contributed by atoms with Crippen LogP contribution in [-0.2, 0) is 17.8 Å². The van der Waals surface area contributed by atoms with Crippen molar-refractivity contribution in [2.24, 2.45) is 11.8 Å². The Kier molecular flexibility index (Phi) is 3.43. The zero-order valence-electron chi connectivity index (χ0n) is 13.9. The van der Waals surface area contributed by atoms with Crippen LogP contribution in [0.1, 0.15) is 44.2 Å². The summed E-state index contributed by atoms with van der Waals surface area (Å²) in [5, 5.41) is 0. The third kappa shape index (κ3) is 2.35. The van der Waals surface area contributed by atoms with Crippen LogP contribution in [0.15, 0.2) is 24.3 Å². The summed E-state index contributed by atoms with van der Waals surface area (Å²) in [6.07, 6.45) is 3.77. The Morgan fingerprint density at radius 2 is 1.61 bits per heavy atom. The Labute approximate surface area is 137 Å². The second-order valence-electron chi connectivity index (χ2n) is 7.68. The largest absolute Gasteiger partial charge is 0.328 e. The zero-order chi connectivity index (χ0) is 16.1. The first-order valence-corrected chi connectivity index (χ1v) is 8.75. The molecule has 1 aliphatic carbocycles. The minimum absolute atomic E-state index is 0.0239. The van der Waals surface area contributed by atoms with E-state index in [9.17, 15) is 9.59 Å². The highest BCUT2D eigenvalue weighted by molar-refractivity contribution is 6.05. The molecule has 23 heavy (non-hydrogen) atoms. The van der Waals surface area contributed by atoms with Crippen molar-refractivity contribution in [1.29, 1.82) is 0 Å². The first-order chi connectivity index (χ1) is 11.0. The van der Waals surface area contributed by atoms with Crippen molar-refractivity contribution in [2.75, 3.05) is 0 Å². The van der Waals surface area contributed by atoms with Crippen LogP contribution in [0.5, 0.6) is 0 Å². The summed E-state index contributed by atoms with van der Waals surface area (Å²) in [6.45, 7) is 5.04. The number of fused-ring (bicyclic) bond motifs is 2. The molecule has 1 saturated carbocycles. The van der Waals surface area contributed by atoms with Gasteiger partial charge in [0, 0.05) is 19.0 Å². The highest BCUT2D eigenvalue weighted by atomic mass is 16.2. The fourth-order valence-electron chi connectivity index (χ4n) is 4.79. The van der Waals surface area contributed by atoms with Crippen molar-refractivity contribution in [1.82, 2.24) is 9.80 Å². The number of hydrogen-bond acceptors (Lipinski definition) is 2. The lowest BCUT2D eigenvalue weighted by Crippen LogP contribution is -2.44. The predicted octanol–water partition coefficient (Wildman–Crippen LogP) is 3.20. The second kappa shape index (κ2) is 5.36. The molecule has 3 unspecified atom stereocenters. The molecule has 1 aromatic carbocycles. The van der Waals surface area contributed by atoms with E-state index in [4.69, 9.17) is 0 Å². The number of hydrogen-bond donors (Lipinski definition) is 0. The van der Waals surface area contributed by atoms with E-state index >= 15 is 0 Å². The molecule has 4 nitrogen and oxygen atoms in total. The van der Waals surface area contributed by atoms with E-state index in [0.717, 1.165) is 12.8 Å². The normalized spacial score (nSPS) is 33.7. The number of imide groups is 1. The van der Waals surface area contributed by atoms with Crippen LogP contribution >= 0.6 is 0 Å². The Morgan fingerprint density at radius 1 is 0.957 bits per heavy atom. The molecule has 2 aliphatic heterocycles. The third-order valence-electron chi connectivity index (χ3n) is 5.74. The highest BCUT2D eigenvalue weighted by Gasteiger charge is 2.50. The van der Waals surface area contributed by atoms with Gasteiger partial charge < -0.3 is 4.90 Å². The Bertz CT molecular complexity index is 604. The first-order valence-electron chi connectivity index (χ1n) is 8.75. The second-order valence-corrected chi connectivity index (χ2v) is 7.68. The van der Waals surface area contributed by atoms with Crippen molar-refractivity contribution in [3.63, 3.8) is 0 Å². The molecule has 4 heteroatoms. The van der Waals surface area contributed by atoms with E-state index in [0.29, 0.717) is 24.8 Å². The van der Waals surface area contributed by atoms with Crippen LogP contribution in [-0.4, -0.2) is 33.8 Å². The summed E-state index contributed by atoms with van der Waals surface area (Å²) in [6, 6.07) is 7.89. The summed E-state index contributed by atoms with van der Waals surface area (Å²) in [4.78, 5) is 29.2. The van der Waals surface area contributed by atoms with E-state index in [1.54, 1.807) is 9.80 Å². The summed E-state index contributed by atoms with van der Waals surface area (Å²) >= 11 is 0. The van der Waals surface area contributed by atoms with Crippen LogP contribution in [0.2, 0.25) is 0 Å². The van der Waals surface area contributed by atoms with E-state index in [1.165, 1.54) is 17.5 Å². The Hall–Kier alpha value is -1.84. The van der Waals surface area contributed by atoms with E-state index in [1.807, 2.05) is 12.1 Å². The molecule has 4 rings (SSSR count). The van der Waals surface area contributed by atoms with Crippen molar-refractivity contribution in [3.05, 3.63) is 35.4 Å². The molecule has 1 saturated heterocycles. The van der Waals surface area contributed by atoms with Gasteiger partial charge in [0.05, 0.1) is 0 Å². The first kappa shape index (κ1) is 14.7. The number of carbonyl (C=O) groups excluding carboxylic acids is 2. The molecule has 3 atom stereocenters. The number of rotatable bonds is 1. The van der Waals surface area contributed by atoms with Gasteiger partial charge in [0.15, 0.2) is 0 Å². The van der Waals surface area contributed by atoms with Gasteiger partial charge in [0.1, 0.15) is 6.04 Å². The highest BCUT2D eigenvalue weighted by Crippen LogP contribution is 2.37. The molecule has 0 spiro atoms. The fourth-order valence-corrected chi connectivity index (χ4v) is 4.79. The number of urea groups is 1. The molecule has 0 N–H and O–H groups in total. The maximum Gasteiger partial charge on any atom is 0.328 e. The van der Waals surface area contributed by atoms with Crippen molar-refractivity contribution >= 4 is 11.9 Å². The van der Waals surface area contributed by atoms with E-state index < -0.39 is 0 Å². The molecule has 2 heterocycles. The van der Waals surface area contributed by atoms with E-state index in [-0.39, 0.29) is 24.0 Å². The van der Waals surface area contributed by atoms with Gasteiger partial charge in [-0.2, -0.15) is 0 Å². The molecule has 2 fully saturated rings. The van der Waals surface area contributed by atoms with Gasteiger partial charge >= 0.3 is 6.03 Å². The van der Waals surface area contributed by atoms with Crippen molar-refractivity contribution in [2.45, 2.75) is 58.2 Å². The molecular weight excluding hydrogens is 288 g/mol. The lowest BCUT2D eigenvalue weighted by molar-refractivity contribution is -0.130. The van der Waals surface area contributed by atoms with Crippen LogP contribution in [0.25, 0.3) is 0 Å². The number of amides is 3. The summed E-state index contributed by atoms with van der Waals surface area (Å²) < 4.78 is 0. The number of nitrogens with zero attached hydrogens (tertiary/aromatic N) is 2. The monoisotopic (exact) mass is 312 g/mol. The summed E-state index contributed by atoms with van der Waals surface area (Å²) in [5.74, 6) is 1.19. The smallest absolute Gasteiger partial charge is 0.308 e. The topological polar surface area (TPSA) is 40.6 Å². The van der Waals surface area contributed by atoms with Gasteiger partial charge in [0.25, 0.3) is 5.91 Å². The van der Waals surface area contributed by atoms with Gasteiger partial charge in [-0.05, 0) is 42.2 Å². The molecule has 3 amide bonds. The van der Waals surface area contributed by atoms with Crippen molar-refractivity contribution in [3.8, 4) is 0 Å². The summed E-state index contributed by atoms with van der Waals surface area (Å²) in [5.41, 5.74) is 2.39. The zero-order valence-corrected chi connectivity index (χ0v) is 13.9. The maximum absolute atomic E-state index is 12.9. The van der Waals surface area contributed by atoms with Gasteiger partial charge in [0.2, 0.25) is 0 Å². The minimum atomic E-state index is -0.287. The molecule has 0 bridgehead atoms. The molecule has 3 aliphatic rings. The van der Waals surface area contributed by atoms with Crippen LogP contribution in [0.4, 0.5) is 4.79 Å². The predicted molar refractivity (Wildman–Crippen MR) is 87.7 cm³/mol. The van der Waals surface area contributed by atoms with Gasteiger partial charge in [-0.3, -0.25) is 9.69 Å². The van der Waals surface area contributed by atoms with Crippen LogP contribution in [0.3, 0.4) is 0 Å². The number of carbonyl (C=O) groups is 2. The molecule has 0 aromatic heterocycles. The maximum atomic E-state index is 12.9. The third-order valence-corrected chi connectivity index (χ3v) is 5.74. The molecule has 0 radical (unpaired) electrons. The van der Waals surface area contributed by atoms with Crippen LogP contribution < -0.4 is 0 Å². The number of benzene rings is 1. The lowest BCUT2D eigenvalue weighted by Gasteiger charge is -2.35. The quantitative estimate of drug-likeness (QED) is 0.747. The lowest BCUT2D eigenvalue weighted by atomic mass is 9.80. The minimum Gasteiger partial charge on any atom is -0.308 e. The van der Waals surface area contributed by atoms with E-state index in [2.05, 4.69) is 26.0 Å².